The highest BCUT2D eigenvalue weighted by Crippen LogP contribution is 2.22. The minimum Gasteiger partial charge on any atom is -0.307 e. The Kier molecular flexibility index (Phi) is 2.07. The predicted molar refractivity (Wildman–Crippen MR) is 59.6 cm³/mol. The zero-order valence-corrected chi connectivity index (χ0v) is 9.53. The lowest BCUT2D eigenvalue weighted by molar-refractivity contribution is 0.683. The summed E-state index contributed by atoms with van der Waals surface area (Å²) in [6.07, 6.45) is 1.80. The fraction of sp³-hybridized carbons (Fsp3) is 0.200. The molecule has 1 aliphatic heterocycles. The number of hydrogen-bond acceptors (Lipinski definition) is 3. The van der Waals surface area contributed by atoms with Crippen LogP contribution in [0.3, 0.4) is 0 Å². The zero-order chi connectivity index (χ0) is 10.3. The maximum atomic E-state index is 4.10. The van der Waals surface area contributed by atoms with Crippen LogP contribution < -0.4 is 5.32 Å². The van der Waals surface area contributed by atoms with Gasteiger partial charge in [-0.2, -0.15) is 0 Å². The van der Waals surface area contributed by atoms with Crippen LogP contribution in [0.4, 0.5) is 0 Å². The standard InChI is InChI=1S/C10H9BrN4/c11-8-1-2-10-7(3-8)4-12-5-9-6-13-14-15(9)10/h1-3,6,12H,4-5H2. The summed E-state index contributed by atoms with van der Waals surface area (Å²) < 4.78 is 2.98. The zero-order valence-electron chi connectivity index (χ0n) is 7.94. The third-order valence-electron chi connectivity index (χ3n) is 2.51. The second-order valence-corrected chi connectivity index (χ2v) is 4.43. The Labute approximate surface area is 95.4 Å². The van der Waals surface area contributed by atoms with Gasteiger partial charge in [-0.15, -0.1) is 5.10 Å². The van der Waals surface area contributed by atoms with E-state index in [1.54, 1.807) is 6.20 Å². The van der Waals surface area contributed by atoms with E-state index >= 15 is 0 Å². The van der Waals surface area contributed by atoms with Gasteiger partial charge in [0.25, 0.3) is 0 Å². The number of rotatable bonds is 0. The molecular formula is C10H9BrN4. The molecule has 0 saturated carbocycles. The van der Waals surface area contributed by atoms with Crippen LogP contribution in [-0.4, -0.2) is 15.0 Å². The number of benzene rings is 1. The van der Waals surface area contributed by atoms with E-state index in [1.807, 2.05) is 10.7 Å². The maximum Gasteiger partial charge on any atom is 0.0783 e. The van der Waals surface area contributed by atoms with E-state index in [2.05, 4.69) is 43.7 Å². The molecule has 1 aliphatic rings. The van der Waals surface area contributed by atoms with Crippen molar-refractivity contribution in [2.75, 3.05) is 0 Å². The summed E-state index contributed by atoms with van der Waals surface area (Å²) in [5, 5.41) is 11.4. The molecule has 76 valence electrons. The third-order valence-corrected chi connectivity index (χ3v) is 3.00. The van der Waals surface area contributed by atoms with Crippen molar-refractivity contribution in [1.29, 1.82) is 0 Å². The van der Waals surface area contributed by atoms with Gasteiger partial charge in [-0.3, -0.25) is 0 Å². The molecule has 0 fully saturated rings. The Morgan fingerprint density at radius 1 is 1.33 bits per heavy atom. The van der Waals surface area contributed by atoms with Gasteiger partial charge >= 0.3 is 0 Å². The predicted octanol–water partition coefficient (Wildman–Crippen LogP) is 1.63. The molecule has 0 spiro atoms. The summed E-state index contributed by atoms with van der Waals surface area (Å²) in [5.41, 5.74) is 3.43. The number of fused-ring (bicyclic) bond motifs is 3. The summed E-state index contributed by atoms with van der Waals surface area (Å²) in [7, 11) is 0. The fourth-order valence-electron chi connectivity index (χ4n) is 1.81. The molecule has 1 aromatic heterocycles. The highest BCUT2D eigenvalue weighted by Gasteiger charge is 2.14. The smallest absolute Gasteiger partial charge is 0.0783 e. The van der Waals surface area contributed by atoms with Gasteiger partial charge in [-0.05, 0) is 23.8 Å². The largest absolute Gasteiger partial charge is 0.307 e. The van der Waals surface area contributed by atoms with E-state index in [9.17, 15) is 0 Å². The van der Waals surface area contributed by atoms with Crippen LogP contribution in [0.25, 0.3) is 5.69 Å². The number of halogens is 1. The van der Waals surface area contributed by atoms with Crippen LogP contribution in [-0.2, 0) is 13.1 Å². The number of nitrogens with one attached hydrogen (secondary N) is 1. The van der Waals surface area contributed by atoms with Gasteiger partial charge in [0.15, 0.2) is 0 Å². The molecule has 5 heteroatoms. The van der Waals surface area contributed by atoms with E-state index in [0.717, 1.165) is 28.9 Å². The van der Waals surface area contributed by atoms with Crippen molar-refractivity contribution < 1.29 is 0 Å². The van der Waals surface area contributed by atoms with Crippen molar-refractivity contribution in [3.63, 3.8) is 0 Å². The molecule has 1 N–H and O–H groups in total. The van der Waals surface area contributed by atoms with Crippen LogP contribution in [0.15, 0.2) is 28.9 Å². The normalized spacial score (nSPS) is 14.2. The highest BCUT2D eigenvalue weighted by molar-refractivity contribution is 9.10. The topological polar surface area (TPSA) is 42.7 Å². The summed E-state index contributed by atoms with van der Waals surface area (Å²) >= 11 is 3.47. The Balaban J connectivity index is 2.25. The number of hydrogen-bond donors (Lipinski definition) is 1. The molecule has 15 heavy (non-hydrogen) atoms. The Hall–Kier alpha value is -1.20. The first kappa shape index (κ1) is 9.06. The van der Waals surface area contributed by atoms with Gasteiger partial charge in [0.2, 0.25) is 0 Å². The summed E-state index contributed by atoms with van der Waals surface area (Å²) in [6, 6.07) is 6.19. The van der Waals surface area contributed by atoms with E-state index in [1.165, 1.54) is 5.56 Å². The molecule has 0 bridgehead atoms. The summed E-state index contributed by atoms with van der Waals surface area (Å²) in [4.78, 5) is 0. The average Bonchev–Trinajstić information content (AvgIpc) is 2.61. The Bertz CT molecular complexity index is 506. The lowest BCUT2D eigenvalue weighted by Gasteiger charge is -2.06. The molecule has 0 saturated heterocycles. The first-order valence-corrected chi connectivity index (χ1v) is 5.53. The van der Waals surface area contributed by atoms with Crippen molar-refractivity contribution in [3.8, 4) is 5.69 Å². The van der Waals surface area contributed by atoms with Crippen molar-refractivity contribution in [2.45, 2.75) is 13.1 Å². The molecule has 2 aromatic rings. The first-order valence-electron chi connectivity index (χ1n) is 4.74. The molecule has 3 rings (SSSR count). The molecule has 2 heterocycles. The quantitative estimate of drug-likeness (QED) is 0.787. The van der Waals surface area contributed by atoms with Gasteiger partial charge < -0.3 is 5.32 Å². The minimum absolute atomic E-state index is 0.805. The van der Waals surface area contributed by atoms with Crippen molar-refractivity contribution in [1.82, 2.24) is 20.3 Å². The van der Waals surface area contributed by atoms with E-state index in [0.29, 0.717) is 0 Å². The third kappa shape index (κ3) is 1.48. The van der Waals surface area contributed by atoms with E-state index < -0.39 is 0 Å². The Morgan fingerprint density at radius 3 is 3.20 bits per heavy atom. The molecule has 0 radical (unpaired) electrons. The van der Waals surface area contributed by atoms with E-state index in [4.69, 9.17) is 0 Å². The van der Waals surface area contributed by atoms with Crippen LogP contribution in [0.2, 0.25) is 0 Å². The first-order chi connectivity index (χ1) is 7.34. The monoisotopic (exact) mass is 264 g/mol. The minimum atomic E-state index is 0.805. The molecule has 1 aromatic carbocycles. The van der Waals surface area contributed by atoms with Gasteiger partial charge in [0, 0.05) is 17.6 Å². The number of nitrogens with zero attached hydrogens (tertiary/aromatic N) is 3. The lowest BCUT2D eigenvalue weighted by atomic mass is 10.2. The maximum absolute atomic E-state index is 4.10. The SMILES string of the molecule is Brc1ccc2c(c1)CNCc1cnnn1-2. The number of aromatic nitrogens is 3. The van der Waals surface area contributed by atoms with Crippen LogP contribution in [0.1, 0.15) is 11.3 Å². The fourth-order valence-corrected chi connectivity index (χ4v) is 2.22. The average molecular weight is 265 g/mol. The van der Waals surface area contributed by atoms with Gasteiger partial charge in [-0.1, -0.05) is 21.1 Å². The van der Waals surface area contributed by atoms with E-state index in [-0.39, 0.29) is 0 Å². The van der Waals surface area contributed by atoms with Gasteiger partial charge in [-0.25, -0.2) is 4.68 Å². The van der Waals surface area contributed by atoms with Crippen LogP contribution in [0.5, 0.6) is 0 Å². The molecule has 0 amide bonds. The second-order valence-electron chi connectivity index (χ2n) is 3.51. The van der Waals surface area contributed by atoms with Crippen LogP contribution in [0, 0.1) is 0 Å². The molecule has 0 atom stereocenters. The molecule has 0 aliphatic carbocycles. The van der Waals surface area contributed by atoms with Gasteiger partial charge in [0.05, 0.1) is 17.6 Å². The van der Waals surface area contributed by atoms with Gasteiger partial charge in [0.1, 0.15) is 0 Å². The molecular weight excluding hydrogens is 256 g/mol. The molecule has 0 unspecified atom stereocenters. The van der Waals surface area contributed by atoms with Crippen LogP contribution >= 0.6 is 15.9 Å². The highest BCUT2D eigenvalue weighted by atomic mass is 79.9. The molecule has 4 nitrogen and oxygen atoms in total. The second kappa shape index (κ2) is 3.43. The van der Waals surface area contributed by atoms with Crippen molar-refractivity contribution in [2.24, 2.45) is 0 Å². The van der Waals surface area contributed by atoms with Crippen molar-refractivity contribution in [3.05, 3.63) is 40.1 Å². The Morgan fingerprint density at radius 2 is 2.27 bits per heavy atom. The summed E-state index contributed by atoms with van der Waals surface area (Å²) in [6.45, 7) is 1.66. The van der Waals surface area contributed by atoms with Crippen molar-refractivity contribution >= 4 is 15.9 Å². The lowest BCUT2D eigenvalue weighted by Crippen LogP contribution is -2.10. The summed E-state index contributed by atoms with van der Waals surface area (Å²) in [5.74, 6) is 0.